The van der Waals surface area contributed by atoms with Gasteiger partial charge in [-0.3, -0.25) is 14.6 Å². The first-order valence-corrected chi connectivity index (χ1v) is 10.8. The molecule has 1 heterocycles. The molecule has 0 atom stereocenters. The van der Waals surface area contributed by atoms with Gasteiger partial charge in [-0.25, -0.2) is 0 Å². The number of carbonyl (C=O) groups is 2. The first-order chi connectivity index (χ1) is 15.9. The molecule has 3 aromatic rings. The van der Waals surface area contributed by atoms with E-state index >= 15 is 0 Å². The molecule has 1 aromatic heterocycles. The van der Waals surface area contributed by atoms with Gasteiger partial charge in [-0.15, -0.1) is 11.8 Å². The van der Waals surface area contributed by atoms with Crippen LogP contribution >= 0.6 is 11.8 Å². The molecule has 0 saturated heterocycles. The lowest BCUT2D eigenvalue weighted by atomic mass is 10.2. The molecule has 0 aliphatic rings. The van der Waals surface area contributed by atoms with E-state index in [0.717, 1.165) is 16.2 Å². The van der Waals surface area contributed by atoms with Crippen molar-refractivity contribution in [3.05, 3.63) is 78.1 Å². The molecule has 2 aromatic carbocycles. The normalized spacial score (nSPS) is 10.5. The van der Waals surface area contributed by atoms with Crippen LogP contribution in [-0.4, -0.2) is 37.1 Å². The SMILES string of the molecule is COc1cc(C(=O)NCC(=O)Nc2ccc(SCc3cccnc3)cc2)ccc1OC(F)F. The molecule has 33 heavy (non-hydrogen) atoms. The third-order valence-corrected chi connectivity index (χ3v) is 5.40. The molecular formula is C23H21F2N3O4S. The first-order valence-electron chi connectivity index (χ1n) is 9.77. The van der Waals surface area contributed by atoms with E-state index in [1.54, 1.807) is 30.1 Å². The summed E-state index contributed by atoms with van der Waals surface area (Å²) in [5.41, 5.74) is 1.84. The zero-order valence-corrected chi connectivity index (χ0v) is 18.4. The van der Waals surface area contributed by atoms with Gasteiger partial charge in [0, 0.05) is 34.3 Å². The van der Waals surface area contributed by atoms with Gasteiger partial charge < -0.3 is 20.1 Å². The summed E-state index contributed by atoms with van der Waals surface area (Å²) in [5.74, 6) is -0.401. The van der Waals surface area contributed by atoms with Crippen molar-refractivity contribution in [1.82, 2.24) is 10.3 Å². The Hall–Kier alpha value is -3.66. The molecule has 3 rings (SSSR count). The second-order valence-corrected chi connectivity index (χ2v) is 7.70. The average molecular weight is 474 g/mol. The Balaban J connectivity index is 1.48. The molecular weight excluding hydrogens is 452 g/mol. The van der Waals surface area contributed by atoms with Gasteiger partial charge in [0.1, 0.15) is 0 Å². The van der Waals surface area contributed by atoms with Gasteiger partial charge in [0.05, 0.1) is 13.7 Å². The van der Waals surface area contributed by atoms with Crippen molar-refractivity contribution in [2.24, 2.45) is 0 Å². The maximum Gasteiger partial charge on any atom is 0.387 e. The fourth-order valence-electron chi connectivity index (χ4n) is 2.75. The first kappa shape index (κ1) is 24.0. The van der Waals surface area contributed by atoms with E-state index in [0.29, 0.717) is 5.69 Å². The summed E-state index contributed by atoms with van der Waals surface area (Å²) >= 11 is 1.65. The highest BCUT2D eigenvalue weighted by molar-refractivity contribution is 7.98. The molecule has 0 unspecified atom stereocenters. The van der Waals surface area contributed by atoms with Crippen LogP contribution in [0.4, 0.5) is 14.5 Å². The number of halogens is 2. The number of methoxy groups -OCH3 is 1. The Morgan fingerprint density at radius 3 is 2.55 bits per heavy atom. The van der Waals surface area contributed by atoms with Gasteiger partial charge in [-0.1, -0.05) is 6.07 Å². The van der Waals surface area contributed by atoms with Crippen molar-refractivity contribution < 1.29 is 27.8 Å². The van der Waals surface area contributed by atoms with Gasteiger partial charge in [-0.05, 0) is 54.1 Å². The minimum Gasteiger partial charge on any atom is -0.493 e. The molecule has 0 spiro atoms. The van der Waals surface area contributed by atoms with Crippen molar-refractivity contribution in [1.29, 1.82) is 0 Å². The number of carbonyl (C=O) groups excluding carboxylic acids is 2. The van der Waals surface area contributed by atoms with E-state index < -0.39 is 18.4 Å². The van der Waals surface area contributed by atoms with Crippen molar-refractivity contribution in [3.8, 4) is 11.5 Å². The number of benzene rings is 2. The molecule has 0 saturated carbocycles. The molecule has 0 radical (unpaired) electrons. The summed E-state index contributed by atoms with van der Waals surface area (Å²) in [6, 6.07) is 15.0. The number of amides is 2. The molecule has 0 fully saturated rings. The second kappa shape index (κ2) is 11.8. The number of anilines is 1. The third-order valence-electron chi connectivity index (χ3n) is 4.32. The molecule has 2 N–H and O–H groups in total. The fourth-order valence-corrected chi connectivity index (χ4v) is 3.59. The Kier molecular flexibility index (Phi) is 8.59. The van der Waals surface area contributed by atoms with Crippen LogP contribution in [-0.2, 0) is 10.5 Å². The largest absolute Gasteiger partial charge is 0.493 e. The summed E-state index contributed by atoms with van der Waals surface area (Å²) in [4.78, 5) is 29.6. The number of aromatic nitrogens is 1. The Labute approximate surface area is 193 Å². The topological polar surface area (TPSA) is 89.5 Å². The fraction of sp³-hybridized carbons (Fsp3) is 0.174. The van der Waals surface area contributed by atoms with E-state index in [2.05, 4.69) is 20.4 Å². The number of nitrogens with one attached hydrogen (secondary N) is 2. The second-order valence-electron chi connectivity index (χ2n) is 6.65. The Bertz CT molecular complexity index is 1080. The number of alkyl halides is 2. The van der Waals surface area contributed by atoms with Crippen molar-refractivity contribution in [3.63, 3.8) is 0 Å². The predicted octanol–water partition coefficient (Wildman–Crippen LogP) is 4.35. The predicted molar refractivity (Wildman–Crippen MR) is 121 cm³/mol. The molecule has 172 valence electrons. The van der Waals surface area contributed by atoms with Crippen LogP contribution in [0.5, 0.6) is 11.5 Å². The summed E-state index contributed by atoms with van der Waals surface area (Å²) in [6.07, 6.45) is 3.55. The van der Waals surface area contributed by atoms with Crippen molar-refractivity contribution >= 4 is 29.3 Å². The number of thioether (sulfide) groups is 1. The smallest absolute Gasteiger partial charge is 0.387 e. The van der Waals surface area contributed by atoms with Crippen LogP contribution < -0.4 is 20.1 Å². The zero-order chi connectivity index (χ0) is 23.6. The molecule has 2 amide bonds. The summed E-state index contributed by atoms with van der Waals surface area (Å²) < 4.78 is 34.1. The number of rotatable bonds is 10. The van der Waals surface area contributed by atoms with E-state index in [9.17, 15) is 18.4 Å². The van der Waals surface area contributed by atoms with E-state index in [4.69, 9.17) is 4.74 Å². The molecule has 0 aliphatic heterocycles. The minimum absolute atomic E-state index is 0.0195. The van der Waals surface area contributed by atoms with Gasteiger partial charge in [0.15, 0.2) is 11.5 Å². The summed E-state index contributed by atoms with van der Waals surface area (Å²) in [6.45, 7) is -3.29. The molecule has 0 aliphatic carbocycles. The quantitative estimate of drug-likeness (QED) is 0.426. The van der Waals surface area contributed by atoms with Crippen LogP contribution in [0, 0.1) is 0 Å². The van der Waals surface area contributed by atoms with E-state index in [1.165, 1.54) is 25.3 Å². The van der Waals surface area contributed by atoms with Crippen LogP contribution in [0.3, 0.4) is 0 Å². The number of hydrogen-bond donors (Lipinski definition) is 2. The maximum atomic E-state index is 12.4. The van der Waals surface area contributed by atoms with Crippen molar-refractivity contribution in [2.75, 3.05) is 19.0 Å². The lowest BCUT2D eigenvalue weighted by molar-refractivity contribution is -0.115. The van der Waals surface area contributed by atoms with E-state index in [1.807, 2.05) is 30.5 Å². The summed E-state index contributed by atoms with van der Waals surface area (Å²) in [5, 5.41) is 5.18. The highest BCUT2D eigenvalue weighted by Gasteiger charge is 2.15. The van der Waals surface area contributed by atoms with Crippen molar-refractivity contribution in [2.45, 2.75) is 17.3 Å². The third kappa shape index (κ3) is 7.46. The zero-order valence-electron chi connectivity index (χ0n) is 17.6. The Morgan fingerprint density at radius 1 is 1.09 bits per heavy atom. The number of nitrogens with zero attached hydrogens (tertiary/aromatic N) is 1. The summed E-state index contributed by atoms with van der Waals surface area (Å²) in [7, 11) is 1.27. The highest BCUT2D eigenvalue weighted by atomic mass is 32.2. The van der Waals surface area contributed by atoms with Crippen LogP contribution in [0.25, 0.3) is 0 Å². The standard InChI is InChI=1S/C23H21F2N3O4S/c1-31-20-11-16(4-9-19(20)32-23(24)25)22(30)27-13-21(29)28-17-5-7-18(8-6-17)33-14-15-3-2-10-26-12-15/h2-12,23H,13-14H2,1H3,(H,27,30)(H,28,29). The molecule has 0 bridgehead atoms. The lowest BCUT2D eigenvalue weighted by Gasteiger charge is -2.12. The van der Waals surface area contributed by atoms with Crippen LogP contribution in [0.15, 0.2) is 71.9 Å². The van der Waals surface area contributed by atoms with E-state index in [-0.39, 0.29) is 23.6 Å². The highest BCUT2D eigenvalue weighted by Crippen LogP contribution is 2.29. The number of hydrogen-bond acceptors (Lipinski definition) is 6. The lowest BCUT2D eigenvalue weighted by Crippen LogP contribution is -2.32. The average Bonchev–Trinajstić information content (AvgIpc) is 2.82. The monoisotopic (exact) mass is 473 g/mol. The number of ether oxygens (including phenoxy) is 2. The molecule has 7 nitrogen and oxygen atoms in total. The van der Waals surface area contributed by atoms with Gasteiger partial charge in [-0.2, -0.15) is 8.78 Å². The van der Waals surface area contributed by atoms with Crippen LogP contribution in [0.1, 0.15) is 15.9 Å². The minimum atomic E-state index is -3.02. The Morgan fingerprint density at radius 2 is 1.88 bits per heavy atom. The molecule has 10 heteroatoms. The van der Waals surface area contributed by atoms with Gasteiger partial charge >= 0.3 is 6.61 Å². The van der Waals surface area contributed by atoms with Crippen LogP contribution in [0.2, 0.25) is 0 Å². The van der Waals surface area contributed by atoms with Gasteiger partial charge in [0.25, 0.3) is 5.91 Å². The number of pyridine rings is 1. The maximum absolute atomic E-state index is 12.4. The van der Waals surface area contributed by atoms with Gasteiger partial charge in [0.2, 0.25) is 5.91 Å².